The molecule has 6 heteroatoms. The third kappa shape index (κ3) is 3.41. The molecule has 1 heterocycles. The highest BCUT2D eigenvalue weighted by molar-refractivity contribution is 7.99. The lowest BCUT2D eigenvalue weighted by Crippen LogP contribution is -2.03. The zero-order valence-electron chi connectivity index (χ0n) is 8.01. The van der Waals surface area contributed by atoms with Crippen molar-refractivity contribution in [2.45, 2.75) is 11.4 Å². The van der Waals surface area contributed by atoms with E-state index in [1.165, 1.54) is 24.0 Å². The van der Waals surface area contributed by atoms with Gasteiger partial charge >= 0.3 is 5.97 Å². The van der Waals surface area contributed by atoms with Crippen molar-refractivity contribution in [3.8, 4) is 0 Å². The van der Waals surface area contributed by atoms with Crippen LogP contribution in [0, 0.1) is 0 Å². The number of carboxylic acid groups (broad SMARTS) is 1. The molecule has 0 aliphatic rings. The largest absolute Gasteiger partial charge is 0.478 e. The molecule has 0 aromatic carbocycles. The molecule has 0 atom stereocenters. The van der Waals surface area contributed by atoms with Gasteiger partial charge in [0.1, 0.15) is 0 Å². The molecule has 4 N–H and O–H groups in total. The van der Waals surface area contributed by atoms with Crippen LogP contribution in [0.1, 0.15) is 16.8 Å². The Morgan fingerprint density at radius 3 is 2.93 bits per heavy atom. The highest BCUT2D eigenvalue weighted by Gasteiger charge is 2.09. The second-order valence-corrected chi connectivity index (χ2v) is 3.96. The number of nitrogens with two attached hydrogens (primary N) is 1. The highest BCUT2D eigenvalue weighted by Crippen LogP contribution is 2.20. The van der Waals surface area contributed by atoms with Crippen molar-refractivity contribution in [1.29, 1.82) is 0 Å². The molecular weight excluding hydrogens is 216 g/mol. The lowest BCUT2D eigenvalue weighted by atomic mass is 10.2. The molecule has 0 fully saturated rings. The van der Waals surface area contributed by atoms with E-state index in [1.807, 2.05) is 0 Å². The summed E-state index contributed by atoms with van der Waals surface area (Å²) in [4.78, 5) is 14.7. The van der Waals surface area contributed by atoms with Gasteiger partial charge in [0.25, 0.3) is 0 Å². The number of thioether (sulfide) groups is 1. The predicted octanol–water partition coefficient (Wildman–Crippen LogP) is 0.837. The molecule has 1 rings (SSSR count). The van der Waals surface area contributed by atoms with E-state index in [2.05, 4.69) is 4.98 Å². The molecule has 0 aliphatic carbocycles. The molecule has 82 valence electrons. The number of aliphatic hydroxyl groups excluding tert-OH is 1. The number of carboxylic acids is 1. The van der Waals surface area contributed by atoms with E-state index in [4.69, 9.17) is 15.9 Å². The van der Waals surface area contributed by atoms with Crippen LogP contribution >= 0.6 is 11.8 Å². The van der Waals surface area contributed by atoms with Crippen molar-refractivity contribution in [2.24, 2.45) is 0 Å². The molecular formula is C9H12N2O3S. The fourth-order valence-electron chi connectivity index (χ4n) is 0.952. The molecule has 5 nitrogen and oxygen atoms in total. The van der Waals surface area contributed by atoms with Gasteiger partial charge in [-0.15, -0.1) is 11.8 Å². The number of pyridine rings is 1. The fraction of sp³-hybridized carbons (Fsp3) is 0.333. The highest BCUT2D eigenvalue weighted by atomic mass is 32.2. The first-order valence-corrected chi connectivity index (χ1v) is 5.36. The molecule has 0 saturated carbocycles. The lowest BCUT2D eigenvalue weighted by molar-refractivity contribution is 0.0697. The SMILES string of the molecule is Nc1cnc(SCCCO)cc1C(=O)O. The van der Waals surface area contributed by atoms with Crippen molar-refractivity contribution in [3.05, 3.63) is 17.8 Å². The van der Waals surface area contributed by atoms with Crippen LogP contribution < -0.4 is 5.73 Å². The van der Waals surface area contributed by atoms with E-state index >= 15 is 0 Å². The molecule has 1 aromatic rings. The van der Waals surface area contributed by atoms with E-state index < -0.39 is 5.97 Å². The van der Waals surface area contributed by atoms with Gasteiger partial charge in [-0.25, -0.2) is 9.78 Å². The second kappa shape index (κ2) is 5.57. The molecule has 0 spiro atoms. The number of nitrogen functional groups attached to an aromatic ring is 1. The van der Waals surface area contributed by atoms with Crippen LogP contribution in [0.5, 0.6) is 0 Å². The lowest BCUT2D eigenvalue weighted by Gasteiger charge is -2.03. The van der Waals surface area contributed by atoms with Crippen molar-refractivity contribution in [3.63, 3.8) is 0 Å². The smallest absolute Gasteiger partial charge is 0.337 e. The van der Waals surface area contributed by atoms with Crippen LogP contribution in [-0.4, -0.2) is 33.5 Å². The number of anilines is 1. The molecule has 0 amide bonds. The molecule has 0 aliphatic heterocycles. The van der Waals surface area contributed by atoms with Crippen molar-refractivity contribution < 1.29 is 15.0 Å². The summed E-state index contributed by atoms with van der Waals surface area (Å²) in [5.74, 6) is -0.356. The number of hydrogen-bond acceptors (Lipinski definition) is 5. The first kappa shape index (κ1) is 11.8. The monoisotopic (exact) mass is 228 g/mol. The Morgan fingerprint density at radius 2 is 2.33 bits per heavy atom. The van der Waals surface area contributed by atoms with E-state index in [0.29, 0.717) is 17.2 Å². The Bertz CT molecular complexity index is 357. The molecule has 1 aromatic heterocycles. The first-order chi connectivity index (χ1) is 7.15. The maximum Gasteiger partial charge on any atom is 0.337 e. The minimum Gasteiger partial charge on any atom is -0.478 e. The predicted molar refractivity (Wildman–Crippen MR) is 58.0 cm³/mol. The molecule has 15 heavy (non-hydrogen) atoms. The molecule has 0 radical (unpaired) electrons. The Hall–Kier alpha value is -1.27. The van der Waals surface area contributed by atoms with Crippen LogP contribution in [0.25, 0.3) is 0 Å². The number of rotatable bonds is 5. The zero-order chi connectivity index (χ0) is 11.3. The Kier molecular flexibility index (Phi) is 4.38. The van der Waals surface area contributed by atoms with Gasteiger partial charge in [0.15, 0.2) is 0 Å². The zero-order valence-corrected chi connectivity index (χ0v) is 8.83. The third-order valence-corrected chi connectivity index (χ3v) is 2.70. The Labute approximate surface area is 91.3 Å². The maximum absolute atomic E-state index is 10.7. The van der Waals surface area contributed by atoms with Crippen molar-refractivity contribution in [2.75, 3.05) is 18.1 Å². The van der Waals surface area contributed by atoms with Gasteiger partial charge in [-0.05, 0) is 12.5 Å². The van der Waals surface area contributed by atoms with Crippen LogP contribution in [0.15, 0.2) is 17.3 Å². The van der Waals surface area contributed by atoms with Gasteiger partial charge in [0, 0.05) is 12.4 Å². The molecule has 0 bridgehead atoms. The fourth-order valence-corrected chi connectivity index (χ4v) is 1.76. The number of nitrogens with zero attached hydrogens (tertiary/aromatic N) is 1. The van der Waals surface area contributed by atoms with Gasteiger partial charge < -0.3 is 15.9 Å². The summed E-state index contributed by atoms with van der Waals surface area (Å²) < 4.78 is 0. The van der Waals surface area contributed by atoms with Crippen LogP contribution in [-0.2, 0) is 0 Å². The maximum atomic E-state index is 10.7. The summed E-state index contributed by atoms with van der Waals surface area (Å²) in [5, 5.41) is 18.0. The van der Waals surface area contributed by atoms with E-state index in [0.717, 1.165) is 0 Å². The minimum atomic E-state index is -1.06. The van der Waals surface area contributed by atoms with Crippen LogP contribution in [0.3, 0.4) is 0 Å². The van der Waals surface area contributed by atoms with Gasteiger partial charge in [-0.1, -0.05) is 0 Å². The van der Waals surface area contributed by atoms with Gasteiger partial charge in [-0.3, -0.25) is 0 Å². The number of aromatic nitrogens is 1. The molecule has 0 unspecified atom stereocenters. The van der Waals surface area contributed by atoms with Crippen molar-refractivity contribution >= 4 is 23.4 Å². The second-order valence-electron chi connectivity index (χ2n) is 2.84. The quantitative estimate of drug-likeness (QED) is 0.510. The van der Waals surface area contributed by atoms with Crippen molar-refractivity contribution in [1.82, 2.24) is 4.98 Å². The van der Waals surface area contributed by atoms with Crippen LogP contribution in [0.2, 0.25) is 0 Å². The van der Waals surface area contributed by atoms with Gasteiger partial charge in [-0.2, -0.15) is 0 Å². The summed E-state index contributed by atoms with van der Waals surface area (Å²) >= 11 is 1.40. The number of aliphatic hydroxyl groups is 1. The summed E-state index contributed by atoms with van der Waals surface area (Å²) in [6, 6.07) is 1.44. The van der Waals surface area contributed by atoms with E-state index in [1.54, 1.807) is 0 Å². The normalized spacial score (nSPS) is 10.2. The average molecular weight is 228 g/mol. The number of hydrogen-bond donors (Lipinski definition) is 3. The van der Waals surface area contributed by atoms with E-state index in [9.17, 15) is 4.79 Å². The molecule has 0 saturated heterocycles. The standard InChI is InChI=1S/C9H12N2O3S/c10-7-5-11-8(15-3-1-2-12)4-6(7)9(13)14/h4-5,12H,1-3,10H2,(H,13,14). The Morgan fingerprint density at radius 1 is 1.60 bits per heavy atom. The number of aromatic carboxylic acids is 1. The first-order valence-electron chi connectivity index (χ1n) is 4.37. The van der Waals surface area contributed by atoms with Gasteiger partial charge in [0.2, 0.25) is 0 Å². The summed E-state index contributed by atoms with van der Waals surface area (Å²) in [6.07, 6.45) is 1.99. The number of carbonyl (C=O) groups is 1. The average Bonchev–Trinajstić information content (AvgIpc) is 2.20. The Balaban J connectivity index is 2.74. The summed E-state index contributed by atoms with van der Waals surface area (Å²) in [6.45, 7) is 0.119. The van der Waals surface area contributed by atoms with Gasteiger partial charge in [0.05, 0.1) is 22.5 Å². The third-order valence-electron chi connectivity index (χ3n) is 1.69. The van der Waals surface area contributed by atoms with E-state index in [-0.39, 0.29) is 17.9 Å². The van der Waals surface area contributed by atoms with Crippen LogP contribution in [0.4, 0.5) is 5.69 Å². The summed E-state index contributed by atoms with van der Waals surface area (Å²) in [5.41, 5.74) is 5.68. The summed E-state index contributed by atoms with van der Waals surface area (Å²) in [7, 11) is 0. The topological polar surface area (TPSA) is 96.4 Å². The minimum absolute atomic E-state index is 0.0662.